The van der Waals surface area contributed by atoms with E-state index in [0.717, 1.165) is 25.3 Å². The molecule has 2 aliphatic rings. The van der Waals surface area contributed by atoms with E-state index < -0.39 is 0 Å². The lowest BCUT2D eigenvalue weighted by atomic mass is 10.0. The minimum atomic E-state index is 0.228. The van der Waals surface area contributed by atoms with Crippen LogP contribution in [0.4, 0.5) is 0 Å². The van der Waals surface area contributed by atoms with Crippen LogP contribution in [0.25, 0.3) is 0 Å². The van der Waals surface area contributed by atoms with E-state index in [1.54, 1.807) is 0 Å². The van der Waals surface area contributed by atoms with Gasteiger partial charge < -0.3 is 15.0 Å². The number of rotatable bonds is 4. The highest BCUT2D eigenvalue weighted by Gasteiger charge is 2.43. The summed E-state index contributed by atoms with van der Waals surface area (Å²) in [7, 11) is 0. The lowest BCUT2D eigenvalue weighted by Gasteiger charge is -2.27. The Bertz CT molecular complexity index is 517. The number of amides is 1. The van der Waals surface area contributed by atoms with Crippen molar-refractivity contribution in [3.05, 3.63) is 29.8 Å². The molecule has 4 nitrogen and oxygen atoms in total. The van der Waals surface area contributed by atoms with E-state index in [2.05, 4.69) is 17.1 Å². The van der Waals surface area contributed by atoms with Gasteiger partial charge >= 0.3 is 0 Å². The third kappa shape index (κ3) is 3.05. The summed E-state index contributed by atoms with van der Waals surface area (Å²) in [5.74, 6) is 1.71. The van der Waals surface area contributed by atoms with Crippen molar-refractivity contribution in [1.29, 1.82) is 0 Å². The van der Waals surface area contributed by atoms with Gasteiger partial charge in [-0.25, -0.2) is 0 Å². The molecule has 0 spiro atoms. The largest absolute Gasteiger partial charge is 0.493 e. The fourth-order valence-corrected chi connectivity index (χ4v) is 3.68. The Morgan fingerprint density at radius 3 is 3.10 bits per heavy atom. The van der Waals surface area contributed by atoms with Gasteiger partial charge in [0.25, 0.3) is 0 Å². The smallest absolute Gasteiger partial charge is 0.226 e. The fourth-order valence-electron chi connectivity index (χ4n) is 3.68. The van der Waals surface area contributed by atoms with Crippen molar-refractivity contribution < 1.29 is 9.53 Å². The molecular formula is C17H24N2O2. The topological polar surface area (TPSA) is 41.6 Å². The van der Waals surface area contributed by atoms with Crippen molar-refractivity contribution in [3.63, 3.8) is 0 Å². The van der Waals surface area contributed by atoms with Gasteiger partial charge in [-0.1, -0.05) is 12.1 Å². The molecule has 1 N–H and O–H groups in total. The molecule has 3 unspecified atom stereocenters. The Morgan fingerprint density at radius 2 is 2.29 bits per heavy atom. The first-order chi connectivity index (χ1) is 10.1. The summed E-state index contributed by atoms with van der Waals surface area (Å²) in [5, 5.41) is 3.39. The van der Waals surface area contributed by atoms with E-state index >= 15 is 0 Å². The van der Waals surface area contributed by atoms with Crippen LogP contribution in [-0.2, 0) is 4.79 Å². The summed E-state index contributed by atoms with van der Waals surface area (Å²) in [6.45, 7) is 6.66. The van der Waals surface area contributed by atoms with Crippen LogP contribution in [0.1, 0.15) is 25.3 Å². The predicted octanol–water partition coefficient (Wildman–Crippen LogP) is 1.97. The fraction of sp³-hybridized carbons (Fsp3) is 0.588. The molecule has 1 aromatic rings. The van der Waals surface area contributed by atoms with Crippen LogP contribution in [0.2, 0.25) is 0 Å². The van der Waals surface area contributed by atoms with Gasteiger partial charge in [-0.3, -0.25) is 4.79 Å². The van der Waals surface area contributed by atoms with Crippen LogP contribution < -0.4 is 10.1 Å². The molecule has 0 radical (unpaired) electrons. The Balaban J connectivity index is 1.52. The van der Waals surface area contributed by atoms with Crippen LogP contribution in [-0.4, -0.2) is 42.6 Å². The summed E-state index contributed by atoms with van der Waals surface area (Å²) >= 11 is 0. The zero-order valence-corrected chi connectivity index (χ0v) is 12.8. The summed E-state index contributed by atoms with van der Waals surface area (Å²) in [6, 6.07) is 8.72. The van der Waals surface area contributed by atoms with Gasteiger partial charge in [-0.05, 0) is 43.9 Å². The van der Waals surface area contributed by atoms with Crippen molar-refractivity contribution in [2.45, 2.75) is 38.8 Å². The number of nitrogens with one attached hydrogen (secondary N) is 1. The maximum Gasteiger partial charge on any atom is 0.226 e. The van der Waals surface area contributed by atoms with Crippen molar-refractivity contribution >= 4 is 5.91 Å². The number of fused-ring (bicyclic) bond motifs is 1. The van der Waals surface area contributed by atoms with E-state index in [9.17, 15) is 4.79 Å². The van der Waals surface area contributed by atoms with Crippen LogP contribution in [0.3, 0.4) is 0 Å². The molecule has 2 heterocycles. The molecule has 114 valence electrons. The second-order valence-corrected chi connectivity index (χ2v) is 6.29. The molecule has 3 atom stereocenters. The quantitative estimate of drug-likeness (QED) is 0.921. The van der Waals surface area contributed by atoms with Crippen molar-refractivity contribution in [2.75, 3.05) is 19.7 Å². The molecule has 3 rings (SSSR count). The Morgan fingerprint density at radius 1 is 1.43 bits per heavy atom. The van der Waals surface area contributed by atoms with Crippen molar-refractivity contribution in [2.24, 2.45) is 5.92 Å². The number of likely N-dealkylation sites (tertiary alicyclic amines) is 1. The Hall–Kier alpha value is -1.55. The van der Waals surface area contributed by atoms with Gasteiger partial charge in [-0.2, -0.15) is 0 Å². The molecule has 0 aliphatic carbocycles. The lowest BCUT2D eigenvalue weighted by molar-refractivity contribution is -0.134. The highest BCUT2D eigenvalue weighted by atomic mass is 16.5. The molecule has 4 heteroatoms. The lowest BCUT2D eigenvalue weighted by Crippen LogP contribution is -2.43. The number of nitrogens with zero attached hydrogens (tertiary/aromatic N) is 1. The summed E-state index contributed by atoms with van der Waals surface area (Å²) in [6.07, 6.45) is 1.59. The number of carbonyl (C=O) groups excluding carboxylic acids is 1. The minimum Gasteiger partial charge on any atom is -0.493 e. The zero-order chi connectivity index (χ0) is 14.8. The third-order valence-electron chi connectivity index (χ3n) is 4.64. The van der Waals surface area contributed by atoms with E-state index in [0.29, 0.717) is 31.0 Å². The SMILES string of the molecule is Cc1cccc(OCCC(=O)N2C(C)CC3CNCC32)c1. The van der Waals surface area contributed by atoms with Gasteiger partial charge in [0.1, 0.15) is 5.75 Å². The van der Waals surface area contributed by atoms with Crippen molar-refractivity contribution in [3.8, 4) is 5.75 Å². The molecule has 2 saturated heterocycles. The van der Waals surface area contributed by atoms with E-state index in [1.165, 1.54) is 5.56 Å². The summed E-state index contributed by atoms with van der Waals surface area (Å²) in [5.41, 5.74) is 1.17. The molecule has 0 bridgehead atoms. The van der Waals surface area contributed by atoms with Crippen LogP contribution in [0, 0.1) is 12.8 Å². The Kier molecular flexibility index (Phi) is 4.15. The second-order valence-electron chi connectivity index (χ2n) is 6.29. The standard InChI is InChI=1S/C17H24N2O2/c1-12-4-3-5-15(8-12)21-7-6-17(20)19-13(2)9-14-10-18-11-16(14)19/h3-5,8,13-14,16,18H,6-7,9-11H2,1-2H3. The molecule has 1 amide bonds. The number of carbonyl (C=O) groups is 1. The number of hydrogen-bond donors (Lipinski definition) is 1. The summed E-state index contributed by atoms with van der Waals surface area (Å²) in [4.78, 5) is 14.6. The maximum atomic E-state index is 12.5. The molecule has 1 aromatic carbocycles. The van der Waals surface area contributed by atoms with E-state index in [4.69, 9.17) is 4.74 Å². The highest BCUT2D eigenvalue weighted by molar-refractivity contribution is 5.77. The number of ether oxygens (including phenoxy) is 1. The van der Waals surface area contributed by atoms with E-state index in [1.807, 2.05) is 31.2 Å². The monoisotopic (exact) mass is 288 g/mol. The first-order valence-corrected chi connectivity index (χ1v) is 7.86. The molecule has 21 heavy (non-hydrogen) atoms. The van der Waals surface area contributed by atoms with Gasteiger partial charge in [0.2, 0.25) is 5.91 Å². The molecule has 0 aromatic heterocycles. The maximum absolute atomic E-state index is 12.5. The molecule has 2 fully saturated rings. The van der Waals surface area contributed by atoms with Gasteiger partial charge in [-0.15, -0.1) is 0 Å². The third-order valence-corrected chi connectivity index (χ3v) is 4.64. The van der Waals surface area contributed by atoms with Crippen LogP contribution >= 0.6 is 0 Å². The first-order valence-electron chi connectivity index (χ1n) is 7.86. The van der Waals surface area contributed by atoms with Crippen molar-refractivity contribution in [1.82, 2.24) is 10.2 Å². The summed E-state index contributed by atoms with van der Waals surface area (Å²) < 4.78 is 5.70. The van der Waals surface area contributed by atoms with Crippen LogP contribution in [0.5, 0.6) is 5.75 Å². The highest BCUT2D eigenvalue weighted by Crippen LogP contribution is 2.32. The first kappa shape index (κ1) is 14.4. The predicted molar refractivity (Wildman–Crippen MR) is 82.4 cm³/mol. The molecule has 2 aliphatic heterocycles. The second kappa shape index (κ2) is 6.06. The number of hydrogen-bond acceptors (Lipinski definition) is 3. The average molecular weight is 288 g/mol. The van der Waals surface area contributed by atoms with Gasteiger partial charge in [0, 0.05) is 25.2 Å². The van der Waals surface area contributed by atoms with Gasteiger partial charge in [0.05, 0.1) is 13.0 Å². The number of aryl methyl sites for hydroxylation is 1. The average Bonchev–Trinajstić information content (AvgIpc) is 2.98. The molecule has 0 saturated carbocycles. The Labute approximate surface area is 126 Å². The van der Waals surface area contributed by atoms with Crippen LogP contribution in [0.15, 0.2) is 24.3 Å². The normalized spacial score (nSPS) is 27.7. The molecular weight excluding hydrogens is 264 g/mol. The minimum absolute atomic E-state index is 0.228. The van der Waals surface area contributed by atoms with E-state index in [-0.39, 0.29) is 5.91 Å². The zero-order valence-electron chi connectivity index (χ0n) is 12.8. The number of benzene rings is 1. The van der Waals surface area contributed by atoms with Gasteiger partial charge in [0.15, 0.2) is 0 Å².